The van der Waals surface area contributed by atoms with Gasteiger partial charge in [0, 0.05) is 17.6 Å². The van der Waals surface area contributed by atoms with Gasteiger partial charge in [0.15, 0.2) is 0 Å². The number of carbonyl (C=O) groups is 1. The third kappa shape index (κ3) is 3.27. The first-order chi connectivity index (χ1) is 10.3. The van der Waals surface area contributed by atoms with E-state index in [4.69, 9.17) is 16.3 Å². The van der Waals surface area contributed by atoms with Crippen LogP contribution < -0.4 is 0 Å². The number of nitrogens with zero attached hydrogens (tertiary/aromatic N) is 1. The van der Waals surface area contributed by atoms with Crippen molar-refractivity contribution in [1.29, 1.82) is 0 Å². The number of ether oxygens (including phenoxy) is 2. The maximum absolute atomic E-state index is 12.9. The van der Waals surface area contributed by atoms with E-state index in [0.29, 0.717) is 6.61 Å². The molecule has 8 heteroatoms. The van der Waals surface area contributed by atoms with E-state index in [1.54, 1.807) is 13.8 Å². The minimum Gasteiger partial charge on any atom is -0.465 e. The Morgan fingerprint density at radius 3 is 2.73 bits per heavy atom. The highest BCUT2D eigenvalue weighted by atomic mass is 35.5. The Hall–Kier alpha value is -1.15. The zero-order valence-electron chi connectivity index (χ0n) is 12.6. The minimum absolute atomic E-state index is 0.0294. The fraction of sp³-hybridized carbons (Fsp3) is 0.500. The van der Waals surface area contributed by atoms with E-state index in [1.807, 2.05) is 0 Å². The first kappa shape index (κ1) is 17.2. The van der Waals surface area contributed by atoms with Crippen molar-refractivity contribution in [3.8, 4) is 0 Å². The maximum atomic E-state index is 12.9. The highest BCUT2D eigenvalue weighted by molar-refractivity contribution is 7.89. The molecule has 0 spiro atoms. The Morgan fingerprint density at radius 2 is 2.09 bits per heavy atom. The highest BCUT2D eigenvalue weighted by Crippen LogP contribution is 2.28. The third-order valence-corrected chi connectivity index (χ3v) is 5.74. The Balaban J connectivity index is 2.53. The average Bonchev–Trinajstić information content (AvgIpc) is 2.48. The zero-order valence-corrected chi connectivity index (χ0v) is 14.1. The van der Waals surface area contributed by atoms with Crippen LogP contribution in [0.3, 0.4) is 0 Å². The van der Waals surface area contributed by atoms with Crippen LogP contribution in [0.1, 0.15) is 24.2 Å². The van der Waals surface area contributed by atoms with E-state index in [0.717, 1.165) is 0 Å². The van der Waals surface area contributed by atoms with Crippen LogP contribution in [0.15, 0.2) is 23.1 Å². The van der Waals surface area contributed by atoms with Crippen LogP contribution in [0.2, 0.25) is 5.02 Å². The molecule has 0 aliphatic carbocycles. The summed E-state index contributed by atoms with van der Waals surface area (Å²) in [5.41, 5.74) is -0.0294. The van der Waals surface area contributed by atoms with Gasteiger partial charge in [-0.3, -0.25) is 0 Å². The molecule has 0 N–H and O–H groups in total. The van der Waals surface area contributed by atoms with Gasteiger partial charge in [-0.25, -0.2) is 13.2 Å². The molecule has 0 aromatic heterocycles. The van der Waals surface area contributed by atoms with Gasteiger partial charge in [0.1, 0.15) is 0 Å². The number of benzene rings is 1. The molecule has 0 radical (unpaired) electrons. The van der Waals surface area contributed by atoms with Gasteiger partial charge in [-0.1, -0.05) is 11.6 Å². The highest BCUT2D eigenvalue weighted by Gasteiger charge is 2.36. The largest absolute Gasteiger partial charge is 0.465 e. The summed E-state index contributed by atoms with van der Waals surface area (Å²) < 4.78 is 37.3. The number of hydrogen-bond donors (Lipinski definition) is 0. The van der Waals surface area contributed by atoms with Crippen LogP contribution in [0, 0.1) is 0 Å². The monoisotopic (exact) mass is 347 g/mol. The fourth-order valence-corrected chi connectivity index (χ4v) is 4.46. The molecular formula is C14H18ClNO5S. The summed E-state index contributed by atoms with van der Waals surface area (Å²) in [4.78, 5) is 11.7. The molecular weight excluding hydrogens is 330 g/mol. The number of hydrogen-bond acceptors (Lipinski definition) is 5. The predicted molar refractivity (Wildman–Crippen MR) is 81.6 cm³/mol. The number of esters is 1. The van der Waals surface area contributed by atoms with Crippen molar-refractivity contribution in [1.82, 2.24) is 4.31 Å². The van der Waals surface area contributed by atoms with Gasteiger partial charge in [-0.15, -0.1) is 0 Å². The summed E-state index contributed by atoms with van der Waals surface area (Å²) in [5, 5.41) is 0.236. The summed E-state index contributed by atoms with van der Waals surface area (Å²) in [5.74, 6) is -0.718. The summed E-state index contributed by atoms with van der Waals surface area (Å²) in [6.07, 6.45) is -0.216. The molecule has 2 unspecified atom stereocenters. The van der Waals surface area contributed by atoms with E-state index in [1.165, 1.54) is 29.6 Å². The molecule has 0 saturated carbocycles. The Bertz CT molecular complexity index is 676. The van der Waals surface area contributed by atoms with Crippen LogP contribution in [0.5, 0.6) is 0 Å². The van der Waals surface area contributed by atoms with Crippen molar-refractivity contribution in [2.24, 2.45) is 0 Å². The van der Waals surface area contributed by atoms with Gasteiger partial charge in [0.2, 0.25) is 10.0 Å². The molecule has 1 fully saturated rings. The molecule has 2 rings (SSSR count). The molecule has 22 heavy (non-hydrogen) atoms. The topological polar surface area (TPSA) is 72.9 Å². The third-order valence-electron chi connectivity index (χ3n) is 3.49. The predicted octanol–water partition coefficient (Wildman–Crippen LogP) is 1.92. The molecule has 0 bridgehead atoms. The van der Waals surface area contributed by atoms with Crippen molar-refractivity contribution in [2.45, 2.75) is 30.9 Å². The lowest BCUT2D eigenvalue weighted by molar-refractivity contribution is -0.0170. The molecule has 0 amide bonds. The van der Waals surface area contributed by atoms with Gasteiger partial charge in [-0.2, -0.15) is 4.31 Å². The molecule has 122 valence electrons. The van der Waals surface area contributed by atoms with Crippen molar-refractivity contribution >= 4 is 27.6 Å². The molecule has 1 saturated heterocycles. The van der Waals surface area contributed by atoms with Crippen LogP contribution in [-0.4, -0.2) is 51.1 Å². The number of sulfonamides is 1. The minimum atomic E-state index is -3.88. The molecule has 6 nitrogen and oxygen atoms in total. The van der Waals surface area contributed by atoms with Crippen molar-refractivity contribution in [3.63, 3.8) is 0 Å². The van der Waals surface area contributed by atoms with Gasteiger partial charge < -0.3 is 9.47 Å². The van der Waals surface area contributed by atoms with E-state index in [2.05, 4.69) is 4.74 Å². The summed E-state index contributed by atoms with van der Waals surface area (Å²) in [6.45, 7) is 4.07. The van der Waals surface area contributed by atoms with Gasteiger partial charge in [-0.05, 0) is 32.0 Å². The number of rotatable bonds is 3. The maximum Gasteiger partial charge on any atom is 0.339 e. The number of methoxy groups -OCH3 is 1. The van der Waals surface area contributed by atoms with E-state index >= 15 is 0 Å². The SMILES string of the molecule is COC(=O)c1ccc(Cl)cc1S(=O)(=O)N1CC(C)OCC1C. The Morgan fingerprint density at radius 1 is 1.41 bits per heavy atom. The smallest absolute Gasteiger partial charge is 0.339 e. The fourth-order valence-electron chi connectivity index (χ4n) is 2.32. The van der Waals surface area contributed by atoms with E-state index < -0.39 is 16.0 Å². The van der Waals surface area contributed by atoms with Gasteiger partial charge in [0.05, 0.1) is 30.3 Å². The summed E-state index contributed by atoms with van der Waals surface area (Å²) in [6, 6.07) is 3.76. The first-order valence-electron chi connectivity index (χ1n) is 6.78. The van der Waals surface area contributed by atoms with E-state index in [9.17, 15) is 13.2 Å². The second-order valence-corrected chi connectivity index (χ2v) is 7.50. The second kappa shape index (κ2) is 6.54. The average molecular weight is 348 g/mol. The molecule has 1 aliphatic heterocycles. The number of halogens is 1. The van der Waals surface area contributed by atoms with E-state index in [-0.39, 0.29) is 34.2 Å². The second-order valence-electron chi connectivity index (χ2n) is 5.20. The molecule has 1 aromatic carbocycles. The Labute approximate surface area is 135 Å². The lowest BCUT2D eigenvalue weighted by Gasteiger charge is -2.35. The van der Waals surface area contributed by atoms with Crippen molar-refractivity contribution in [2.75, 3.05) is 20.3 Å². The first-order valence-corrected chi connectivity index (χ1v) is 8.60. The van der Waals surface area contributed by atoms with Gasteiger partial charge in [0.25, 0.3) is 0 Å². The quantitative estimate of drug-likeness (QED) is 0.781. The lowest BCUT2D eigenvalue weighted by Crippen LogP contribution is -2.50. The normalized spacial score (nSPS) is 23.3. The molecule has 1 aliphatic rings. The number of carbonyl (C=O) groups excluding carboxylic acids is 1. The molecule has 1 heterocycles. The summed E-state index contributed by atoms with van der Waals surface area (Å²) in [7, 11) is -2.68. The Kier molecular flexibility index (Phi) is 5.11. The van der Waals surface area contributed by atoms with Crippen LogP contribution >= 0.6 is 11.6 Å². The van der Waals surface area contributed by atoms with Crippen LogP contribution in [-0.2, 0) is 19.5 Å². The zero-order chi connectivity index (χ0) is 16.5. The summed E-state index contributed by atoms with van der Waals surface area (Å²) >= 11 is 5.91. The number of morpholine rings is 1. The van der Waals surface area contributed by atoms with Crippen LogP contribution in [0.25, 0.3) is 0 Å². The van der Waals surface area contributed by atoms with Crippen LogP contribution in [0.4, 0.5) is 0 Å². The molecule has 2 atom stereocenters. The van der Waals surface area contributed by atoms with Gasteiger partial charge >= 0.3 is 5.97 Å². The lowest BCUT2D eigenvalue weighted by atomic mass is 10.2. The van der Waals surface area contributed by atoms with Crippen molar-refractivity contribution < 1.29 is 22.7 Å². The standard InChI is InChI=1S/C14H18ClNO5S/c1-9-8-21-10(2)7-16(9)22(18,19)13-6-11(15)4-5-12(13)14(17)20-3/h4-6,9-10H,7-8H2,1-3H3. The van der Waals surface area contributed by atoms with Crippen molar-refractivity contribution in [3.05, 3.63) is 28.8 Å². The molecule has 1 aromatic rings.